The van der Waals surface area contributed by atoms with Crippen LogP contribution in [0, 0.1) is 0 Å². The van der Waals surface area contributed by atoms with Crippen molar-refractivity contribution in [1.82, 2.24) is 5.32 Å². The summed E-state index contributed by atoms with van der Waals surface area (Å²) in [5.41, 5.74) is 0.989. The third-order valence-corrected chi connectivity index (χ3v) is 2.75. The Labute approximate surface area is 106 Å². The van der Waals surface area contributed by atoms with Crippen molar-refractivity contribution in [2.24, 2.45) is 0 Å². The summed E-state index contributed by atoms with van der Waals surface area (Å²) in [6.45, 7) is 3.70. The van der Waals surface area contributed by atoms with E-state index in [1.54, 1.807) is 7.11 Å². The van der Waals surface area contributed by atoms with Crippen molar-refractivity contribution in [1.29, 1.82) is 0 Å². The molecule has 0 aromatic heterocycles. The fourth-order valence-electron chi connectivity index (χ4n) is 2.04. The van der Waals surface area contributed by atoms with Gasteiger partial charge < -0.3 is 19.5 Å². The van der Waals surface area contributed by atoms with Crippen molar-refractivity contribution in [2.45, 2.75) is 26.3 Å². The predicted octanol–water partition coefficient (Wildman–Crippen LogP) is 1.49. The van der Waals surface area contributed by atoms with Gasteiger partial charge in [0, 0.05) is 24.6 Å². The molecule has 1 N–H and O–H groups in total. The van der Waals surface area contributed by atoms with E-state index >= 15 is 0 Å². The molecule has 1 heterocycles. The number of rotatable bonds is 4. The Kier molecular flexibility index (Phi) is 3.60. The van der Waals surface area contributed by atoms with E-state index in [-0.39, 0.29) is 18.7 Å². The molecule has 1 aromatic carbocycles. The molecule has 0 aliphatic carbocycles. The first-order chi connectivity index (χ1) is 8.60. The first-order valence-corrected chi connectivity index (χ1v) is 5.83. The SMILES string of the molecule is COc1cc2c(cc1CC(C)NC(C)=O)OCO2. The molecule has 0 fully saturated rings. The summed E-state index contributed by atoms with van der Waals surface area (Å²) in [4.78, 5) is 11.0. The van der Waals surface area contributed by atoms with Crippen molar-refractivity contribution < 1.29 is 19.0 Å². The number of carbonyl (C=O) groups is 1. The van der Waals surface area contributed by atoms with Crippen molar-refractivity contribution in [3.05, 3.63) is 17.7 Å². The number of ether oxygens (including phenoxy) is 3. The van der Waals surface area contributed by atoms with Crippen LogP contribution in [0.2, 0.25) is 0 Å². The van der Waals surface area contributed by atoms with Gasteiger partial charge in [-0.2, -0.15) is 0 Å². The maximum absolute atomic E-state index is 11.0. The molecular weight excluding hydrogens is 234 g/mol. The summed E-state index contributed by atoms with van der Waals surface area (Å²) in [5.74, 6) is 2.13. The van der Waals surface area contributed by atoms with Crippen molar-refractivity contribution >= 4 is 5.91 Å². The third-order valence-electron chi connectivity index (χ3n) is 2.75. The number of methoxy groups -OCH3 is 1. The van der Waals surface area contributed by atoms with Crippen molar-refractivity contribution in [3.8, 4) is 17.2 Å². The molecule has 18 heavy (non-hydrogen) atoms. The first kappa shape index (κ1) is 12.5. The lowest BCUT2D eigenvalue weighted by Gasteiger charge is -2.15. The number of benzene rings is 1. The first-order valence-electron chi connectivity index (χ1n) is 5.83. The van der Waals surface area contributed by atoms with Crippen LogP contribution in [0.15, 0.2) is 12.1 Å². The molecule has 1 amide bonds. The van der Waals surface area contributed by atoms with Gasteiger partial charge in [0.15, 0.2) is 11.5 Å². The van der Waals surface area contributed by atoms with Gasteiger partial charge >= 0.3 is 0 Å². The highest BCUT2D eigenvalue weighted by Gasteiger charge is 2.19. The second-order valence-electron chi connectivity index (χ2n) is 4.32. The van der Waals surface area contributed by atoms with Gasteiger partial charge in [0.2, 0.25) is 12.7 Å². The molecule has 5 heteroatoms. The average Bonchev–Trinajstić information content (AvgIpc) is 2.73. The molecule has 1 atom stereocenters. The number of nitrogens with one attached hydrogen (secondary N) is 1. The maximum Gasteiger partial charge on any atom is 0.231 e. The highest BCUT2D eigenvalue weighted by atomic mass is 16.7. The lowest BCUT2D eigenvalue weighted by Crippen LogP contribution is -2.32. The van der Waals surface area contributed by atoms with Crippen LogP contribution < -0.4 is 19.5 Å². The van der Waals surface area contributed by atoms with Crippen LogP contribution >= 0.6 is 0 Å². The molecule has 98 valence electrons. The Hall–Kier alpha value is -1.91. The zero-order valence-electron chi connectivity index (χ0n) is 10.8. The van der Waals surface area contributed by atoms with E-state index in [0.717, 1.165) is 17.1 Å². The van der Waals surface area contributed by atoms with Crippen molar-refractivity contribution in [2.75, 3.05) is 13.9 Å². The molecular formula is C13H17NO4. The fraction of sp³-hybridized carbons (Fsp3) is 0.462. The minimum absolute atomic E-state index is 0.0387. The minimum atomic E-state index is -0.0396. The smallest absolute Gasteiger partial charge is 0.231 e. The van der Waals surface area contributed by atoms with Gasteiger partial charge in [-0.15, -0.1) is 0 Å². The van der Waals surface area contributed by atoms with E-state index in [4.69, 9.17) is 14.2 Å². The number of carbonyl (C=O) groups excluding carboxylic acids is 1. The fourth-order valence-corrected chi connectivity index (χ4v) is 2.04. The molecule has 1 aliphatic rings. The topological polar surface area (TPSA) is 56.8 Å². The number of hydrogen-bond donors (Lipinski definition) is 1. The van der Waals surface area contributed by atoms with Gasteiger partial charge in [-0.25, -0.2) is 0 Å². The number of amides is 1. The van der Waals surface area contributed by atoms with Crippen LogP contribution in [-0.4, -0.2) is 25.9 Å². The molecule has 2 rings (SSSR count). The molecule has 1 aliphatic heterocycles. The maximum atomic E-state index is 11.0. The summed E-state index contributed by atoms with van der Waals surface area (Å²) in [5, 5.41) is 2.84. The quantitative estimate of drug-likeness (QED) is 0.881. The summed E-state index contributed by atoms with van der Waals surface area (Å²) in [6.07, 6.45) is 0.680. The van der Waals surface area contributed by atoms with Crippen molar-refractivity contribution in [3.63, 3.8) is 0 Å². The second-order valence-corrected chi connectivity index (χ2v) is 4.32. The van der Waals surface area contributed by atoms with Crippen LogP contribution in [0.25, 0.3) is 0 Å². The van der Waals surface area contributed by atoms with Crippen LogP contribution in [0.1, 0.15) is 19.4 Å². The van der Waals surface area contributed by atoms with Crippen LogP contribution in [0.4, 0.5) is 0 Å². The van der Waals surface area contributed by atoms with E-state index in [0.29, 0.717) is 12.2 Å². The Bertz CT molecular complexity index is 459. The molecule has 1 aromatic rings. The Morgan fingerprint density at radius 1 is 1.44 bits per heavy atom. The van der Waals surface area contributed by atoms with Crippen LogP contribution in [-0.2, 0) is 11.2 Å². The zero-order valence-corrected chi connectivity index (χ0v) is 10.8. The molecule has 0 radical (unpaired) electrons. The molecule has 0 saturated heterocycles. The van der Waals surface area contributed by atoms with E-state index < -0.39 is 0 Å². The Balaban J connectivity index is 2.18. The number of fused-ring (bicyclic) bond motifs is 1. The molecule has 0 spiro atoms. The van der Waals surface area contributed by atoms with Crippen LogP contribution in [0.3, 0.4) is 0 Å². The van der Waals surface area contributed by atoms with Gasteiger partial charge in [-0.1, -0.05) is 0 Å². The highest BCUT2D eigenvalue weighted by molar-refractivity contribution is 5.73. The summed E-state index contributed by atoms with van der Waals surface area (Å²) >= 11 is 0. The molecule has 1 unspecified atom stereocenters. The Morgan fingerprint density at radius 2 is 2.11 bits per heavy atom. The summed E-state index contributed by atoms with van der Waals surface area (Å²) in [7, 11) is 1.62. The highest BCUT2D eigenvalue weighted by Crippen LogP contribution is 2.38. The minimum Gasteiger partial charge on any atom is -0.496 e. The summed E-state index contributed by atoms with van der Waals surface area (Å²) < 4.78 is 16.0. The standard InChI is InChI=1S/C13H17NO4/c1-8(14-9(2)15)4-10-5-12-13(18-7-17-12)6-11(10)16-3/h5-6,8H,4,7H2,1-3H3,(H,14,15). The van der Waals surface area contributed by atoms with E-state index in [9.17, 15) is 4.79 Å². The van der Waals surface area contributed by atoms with Gasteiger partial charge in [-0.3, -0.25) is 4.79 Å². The van der Waals surface area contributed by atoms with E-state index in [1.165, 1.54) is 6.92 Å². The van der Waals surface area contributed by atoms with Gasteiger partial charge in [0.1, 0.15) is 5.75 Å². The molecule has 0 saturated carbocycles. The lowest BCUT2D eigenvalue weighted by atomic mass is 10.0. The van der Waals surface area contributed by atoms with Crippen LogP contribution in [0.5, 0.6) is 17.2 Å². The Morgan fingerprint density at radius 3 is 2.72 bits per heavy atom. The van der Waals surface area contributed by atoms with Gasteiger partial charge in [0.05, 0.1) is 7.11 Å². The predicted molar refractivity (Wildman–Crippen MR) is 66.1 cm³/mol. The van der Waals surface area contributed by atoms with Gasteiger partial charge in [0.25, 0.3) is 0 Å². The average molecular weight is 251 g/mol. The summed E-state index contributed by atoms with van der Waals surface area (Å²) in [6, 6.07) is 3.76. The molecule has 5 nitrogen and oxygen atoms in total. The van der Waals surface area contributed by atoms with E-state index in [2.05, 4.69) is 5.32 Å². The second kappa shape index (κ2) is 5.16. The number of hydrogen-bond acceptors (Lipinski definition) is 4. The van der Waals surface area contributed by atoms with Gasteiger partial charge in [-0.05, 0) is 19.4 Å². The lowest BCUT2D eigenvalue weighted by molar-refractivity contribution is -0.119. The van der Waals surface area contributed by atoms with E-state index in [1.807, 2.05) is 19.1 Å². The molecule has 0 bridgehead atoms. The monoisotopic (exact) mass is 251 g/mol. The normalized spacial score (nSPS) is 14.2. The largest absolute Gasteiger partial charge is 0.496 e. The zero-order chi connectivity index (χ0) is 13.1. The third kappa shape index (κ3) is 2.67.